The zero-order chi connectivity index (χ0) is 15.5. The fraction of sp³-hybridized carbons (Fsp3) is 0.312. The Balaban J connectivity index is 1.58. The Kier molecular flexibility index (Phi) is 4.20. The minimum atomic E-state index is -0.619. The quantitative estimate of drug-likeness (QED) is 0.910. The highest BCUT2D eigenvalue weighted by Gasteiger charge is 2.21. The number of thiazole rings is 1. The second kappa shape index (κ2) is 6.27. The molecular formula is C16H17N3O2S. The molecule has 0 unspecified atom stereocenters. The predicted octanol–water partition coefficient (Wildman–Crippen LogP) is 2.39. The van der Waals surface area contributed by atoms with Crippen LogP contribution < -0.4 is 10.6 Å². The van der Waals surface area contributed by atoms with Crippen LogP contribution in [0, 0.1) is 0 Å². The van der Waals surface area contributed by atoms with E-state index in [-0.39, 0.29) is 11.8 Å². The van der Waals surface area contributed by atoms with Gasteiger partial charge in [-0.3, -0.25) is 9.59 Å². The first kappa shape index (κ1) is 14.7. The third-order valence-corrected chi connectivity index (χ3v) is 4.68. The van der Waals surface area contributed by atoms with Gasteiger partial charge >= 0.3 is 0 Å². The number of aryl methyl sites for hydroxylation is 2. The minimum Gasteiger partial charge on any atom is -0.341 e. The molecule has 6 heteroatoms. The number of hydrogen-bond acceptors (Lipinski definition) is 4. The van der Waals surface area contributed by atoms with Crippen LogP contribution in [0.4, 0.5) is 5.13 Å². The van der Waals surface area contributed by atoms with Crippen molar-refractivity contribution >= 4 is 28.3 Å². The topological polar surface area (TPSA) is 71.1 Å². The summed E-state index contributed by atoms with van der Waals surface area (Å²) in [4.78, 5) is 29.9. The van der Waals surface area contributed by atoms with Crippen LogP contribution in [-0.4, -0.2) is 22.8 Å². The van der Waals surface area contributed by atoms with Crippen LogP contribution in [0.2, 0.25) is 0 Å². The summed E-state index contributed by atoms with van der Waals surface area (Å²) >= 11 is 1.53. The molecule has 22 heavy (non-hydrogen) atoms. The van der Waals surface area contributed by atoms with Crippen molar-refractivity contribution in [1.82, 2.24) is 10.3 Å². The van der Waals surface area contributed by atoms with Gasteiger partial charge in [0, 0.05) is 10.4 Å². The second-order valence-electron chi connectivity index (χ2n) is 5.29. The highest BCUT2D eigenvalue weighted by atomic mass is 32.1. The van der Waals surface area contributed by atoms with E-state index >= 15 is 0 Å². The number of benzene rings is 1. The monoisotopic (exact) mass is 315 g/mol. The number of amides is 2. The average Bonchev–Trinajstić information content (AvgIpc) is 3.09. The summed E-state index contributed by atoms with van der Waals surface area (Å²) < 4.78 is 0. The van der Waals surface area contributed by atoms with Gasteiger partial charge in [0.15, 0.2) is 5.13 Å². The van der Waals surface area contributed by atoms with Crippen LogP contribution in [0.15, 0.2) is 30.3 Å². The van der Waals surface area contributed by atoms with Gasteiger partial charge in [0.2, 0.25) is 5.91 Å². The van der Waals surface area contributed by atoms with Gasteiger partial charge in [-0.25, -0.2) is 4.98 Å². The van der Waals surface area contributed by atoms with Crippen molar-refractivity contribution in [2.24, 2.45) is 0 Å². The summed E-state index contributed by atoms with van der Waals surface area (Å²) in [6.45, 7) is 1.66. The summed E-state index contributed by atoms with van der Waals surface area (Å²) in [7, 11) is 0. The predicted molar refractivity (Wildman–Crippen MR) is 86.1 cm³/mol. The first-order valence-corrected chi connectivity index (χ1v) is 8.10. The first-order valence-electron chi connectivity index (χ1n) is 7.29. The van der Waals surface area contributed by atoms with Gasteiger partial charge in [0.25, 0.3) is 5.91 Å². The van der Waals surface area contributed by atoms with Crippen molar-refractivity contribution in [2.45, 2.75) is 32.2 Å². The van der Waals surface area contributed by atoms with Crippen molar-refractivity contribution in [3.8, 4) is 0 Å². The lowest BCUT2D eigenvalue weighted by Gasteiger charge is -2.13. The maximum Gasteiger partial charge on any atom is 0.251 e. The molecule has 0 radical (unpaired) electrons. The molecule has 2 aromatic rings. The van der Waals surface area contributed by atoms with E-state index in [1.807, 2.05) is 6.07 Å². The molecular weight excluding hydrogens is 298 g/mol. The van der Waals surface area contributed by atoms with Crippen LogP contribution in [0.1, 0.15) is 34.3 Å². The van der Waals surface area contributed by atoms with Crippen molar-refractivity contribution < 1.29 is 9.59 Å². The molecule has 0 bridgehead atoms. The maximum absolute atomic E-state index is 12.1. The summed E-state index contributed by atoms with van der Waals surface area (Å²) in [5.74, 6) is -0.512. The summed E-state index contributed by atoms with van der Waals surface area (Å²) in [5, 5.41) is 6.09. The maximum atomic E-state index is 12.1. The highest BCUT2D eigenvalue weighted by Crippen LogP contribution is 2.30. The summed E-state index contributed by atoms with van der Waals surface area (Å²) in [6.07, 6.45) is 3.18. The van der Waals surface area contributed by atoms with E-state index in [4.69, 9.17) is 0 Å². The molecule has 0 saturated carbocycles. The molecule has 2 N–H and O–H groups in total. The third-order valence-electron chi connectivity index (χ3n) is 3.60. The first-order chi connectivity index (χ1) is 10.6. The molecule has 0 spiro atoms. The van der Waals surface area contributed by atoms with E-state index in [1.54, 1.807) is 31.2 Å². The number of rotatable bonds is 4. The van der Waals surface area contributed by atoms with Gasteiger partial charge < -0.3 is 10.6 Å². The summed E-state index contributed by atoms with van der Waals surface area (Å²) in [5.41, 5.74) is 1.64. The van der Waals surface area contributed by atoms with Crippen molar-refractivity contribution in [3.63, 3.8) is 0 Å². The Morgan fingerprint density at radius 3 is 2.73 bits per heavy atom. The number of anilines is 1. The van der Waals surface area contributed by atoms with E-state index in [9.17, 15) is 9.59 Å². The molecule has 5 nitrogen and oxygen atoms in total. The van der Waals surface area contributed by atoms with Crippen LogP contribution in [-0.2, 0) is 17.6 Å². The van der Waals surface area contributed by atoms with Crippen molar-refractivity contribution in [1.29, 1.82) is 0 Å². The van der Waals surface area contributed by atoms with E-state index in [0.717, 1.165) is 25.0 Å². The largest absolute Gasteiger partial charge is 0.341 e. The van der Waals surface area contributed by atoms with Crippen LogP contribution >= 0.6 is 11.3 Å². The Hall–Kier alpha value is -2.21. The van der Waals surface area contributed by atoms with Gasteiger partial charge in [0.05, 0.1) is 5.69 Å². The Morgan fingerprint density at radius 1 is 1.23 bits per heavy atom. The minimum absolute atomic E-state index is 0.253. The van der Waals surface area contributed by atoms with Crippen LogP contribution in [0.5, 0.6) is 0 Å². The smallest absolute Gasteiger partial charge is 0.251 e. The van der Waals surface area contributed by atoms with E-state index in [0.29, 0.717) is 10.7 Å². The number of fused-ring (bicyclic) bond motifs is 1. The second-order valence-corrected chi connectivity index (χ2v) is 6.38. The molecule has 1 aliphatic rings. The normalized spacial score (nSPS) is 14.2. The molecule has 114 valence electrons. The van der Waals surface area contributed by atoms with E-state index in [2.05, 4.69) is 15.6 Å². The molecule has 1 atom stereocenters. The standard InChI is InChI=1S/C16H17N3O2S/c1-10(17-15(21)11-6-3-2-4-7-11)14(20)19-16-18-12-8-5-9-13(12)22-16/h2-4,6-7,10H,5,8-9H2,1H3,(H,17,21)(H,18,19,20)/t10-/m0/s1. The fourth-order valence-electron chi connectivity index (χ4n) is 2.39. The zero-order valence-electron chi connectivity index (χ0n) is 12.3. The number of nitrogens with zero attached hydrogens (tertiary/aromatic N) is 1. The molecule has 1 aromatic carbocycles. The number of nitrogens with one attached hydrogen (secondary N) is 2. The Labute approximate surface area is 132 Å². The number of carbonyl (C=O) groups is 2. The Bertz CT molecular complexity index is 675. The lowest BCUT2D eigenvalue weighted by molar-refractivity contribution is -0.117. The van der Waals surface area contributed by atoms with E-state index < -0.39 is 6.04 Å². The number of aromatic nitrogens is 1. The van der Waals surface area contributed by atoms with Gasteiger partial charge in [0.1, 0.15) is 6.04 Å². The number of carbonyl (C=O) groups excluding carboxylic acids is 2. The Morgan fingerprint density at radius 2 is 2.00 bits per heavy atom. The van der Waals surface area contributed by atoms with Gasteiger partial charge in [-0.05, 0) is 38.3 Å². The fourth-order valence-corrected chi connectivity index (χ4v) is 3.45. The molecule has 1 aromatic heterocycles. The molecule has 1 heterocycles. The lowest BCUT2D eigenvalue weighted by atomic mass is 10.2. The molecule has 0 saturated heterocycles. The SMILES string of the molecule is C[C@H](NC(=O)c1ccccc1)C(=O)Nc1nc2c(s1)CCC2. The lowest BCUT2D eigenvalue weighted by Crippen LogP contribution is -2.41. The van der Waals surface area contributed by atoms with Crippen LogP contribution in [0.25, 0.3) is 0 Å². The van der Waals surface area contributed by atoms with Crippen LogP contribution in [0.3, 0.4) is 0 Å². The van der Waals surface area contributed by atoms with E-state index in [1.165, 1.54) is 16.2 Å². The highest BCUT2D eigenvalue weighted by molar-refractivity contribution is 7.15. The third kappa shape index (κ3) is 3.17. The average molecular weight is 315 g/mol. The zero-order valence-corrected chi connectivity index (χ0v) is 13.1. The molecule has 1 aliphatic carbocycles. The summed E-state index contributed by atoms with van der Waals surface area (Å²) in [6, 6.07) is 8.23. The van der Waals surface area contributed by atoms with Gasteiger partial charge in [-0.1, -0.05) is 18.2 Å². The molecule has 3 rings (SSSR count). The van der Waals surface area contributed by atoms with Gasteiger partial charge in [-0.15, -0.1) is 11.3 Å². The van der Waals surface area contributed by atoms with Crippen molar-refractivity contribution in [2.75, 3.05) is 5.32 Å². The number of hydrogen-bond donors (Lipinski definition) is 2. The molecule has 0 fully saturated rings. The van der Waals surface area contributed by atoms with Gasteiger partial charge in [-0.2, -0.15) is 0 Å². The molecule has 2 amide bonds. The van der Waals surface area contributed by atoms with Crippen molar-refractivity contribution in [3.05, 3.63) is 46.5 Å². The molecule has 0 aliphatic heterocycles.